The maximum Gasteiger partial charge on any atom is 0.252 e. The van der Waals surface area contributed by atoms with Crippen LogP contribution in [0.3, 0.4) is 0 Å². The predicted octanol–water partition coefficient (Wildman–Crippen LogP) is 24.9. The Morgan fingerprint density at radius 1 is 0.231 bits per heavy atom. The van der Waals surface area contributed by atoms with Crippen molar-refractivity contribution in [3.8, 4) is 39.3 Å². The van der Waals surface area contributed by atoms with Crippen LogP contribution < -0.4 is 26.2 Å². The zero-order chi connectivity index (χ0) is 71.8. The molecule has 0 fully saturated rings. The number of benzene rings is 13. The molecule has 2 aliphatic rings. The molecule has 510 valence electrons. The van der Waals surface area contributed by atoms with Crippen LogP contribution in [0.2, 0.25) is 0 Å². The fourth-order valence-corrected chi connectivity index (χ4v) is 17.2. The zero-order valence-corrected chi connectivity index (χ0v) is 62.8. The molecular formula is C98H90BN5. The second-order valence-corrected chi connectivity index (χ2v) is 34.7. The van der Waals surface area contributed by atoms with E-state index in [1.807, 2.05) is 0 Å². The van der Waals surface area contributed by atoms with E-state index >= 15 is 0 Å². The molecule has 13 aromatic carbocycles. The van der Waals surface area contributed by atoms with E-state index in [4.69, 9.17) is 0 Å². The van der Waals surface area contributed by atoms with Crippen molar-refractivity contribution < 1.29 is 0 Å². The van der Waals surface area contributed by atoms with Crippen LogP contribution in [0.5, 0.6) is 0 Å². The fraction of sp³-hybridized carbons (Fsp3) is 0.204. The molecule has 0 radical (unpaired) electrons. The van der Waals surface area contributed by atoms with Crippen LogP contribution in [0.15, 0.2) is 273 Å². The Morgan fingerprint density at radius 2 is 0.567 bits per heavy atom. The number of anilines is 6. The number of hydrogen-bond donors (Lipinski definition) is 0. The lowest BCUT2D eigenvalue weighted by atomic mass is 9.33. The summed E-state index contributed by atoms with van der Waals surface area (Å²) in [4.78, 5) is 5.40. The minimum absolute atomic E-state index is 0.0174. The molecule has 5 nitrogen and oxygen atoms in total. The summed E-state index contributed by atoms with van der Waals surface area (Å²) in [5.41, 5.74) is 31.7. The third-order valence-corrected chi connectivity index (χ3v) is 22.8. The number of nitrogens with zero attached hydrogens (tertiary/aromatic N) is 5. The van der Waals surface area contributed by atoms with Gasteiger partial charge in [-0.25, -0.2) is 0 Å². The number of para-hydroxylation sites is 5. The van der Waals surface area contributed by atoms with Crippen molar-refractivity contribution in [3.63, 3.8) is 0 Å². The van der Waals surface area contributed by atoms with E-state index in [1.54, 1.807) is 0 Å². The summed E-state index contributed by atoms with van der Waals surface area (Å²) in [5.74, 6) is 0. The molecular weight excluding hydrogens is 1260 g/mol. The molecule has 5 heterocycles. The summed E-state index contributed by atoms with van der Waals surface area (Å²) in [7, 11) is 0. The van der Waals surface area contributed by atoms with Crippen LogP contribution in [-0.4, -0.2) is 20.4 Å². The topological polar surface area (TPSA) is 21.3 Å². The normalized spacial score (nSPS) is 13.5. The molecule has 0 amide bonds. The van der Waals surface area contributed by atoms with Crippen LogP contribution in [0.4, 0.5) is 34.1 Å². The quantitative estimate of drug-likeness (QED) is 0.148. The summed E-state index contributed by atoms with van der Waals surface area (Å²) >= 11 is 0. The van der Waals surface area contributed by atoms with Crippen molar-refractivity contribution in [3.05, 3.63) is 301 Å². The van der Waals surface area contributed by atoms with E-state index in [0.29, 0.717) is 0 Å². The van der Waals surface area contributed by atoms with Gasteiger partial charge in [0.05, 0.1) is 44.5 Å². The van der Waals surface area contributed by atoms with Crippen molar-refractivity contribution >= 4 is 123 Å². The molecule has 0 saturated heterocycles. The van der Waals surface area contributed by atoms with E-state index < -0.39 is 0 Å². The SMILES string of the molecule is CC(C)(C)c1ccc(-c2cc(C(C)(C)C)ccc2N2c3cc(-n4c5ccccc5c5ccccc54)ccc3B3c4ccc(-n5c6ccccc6c6ccc7c8ccccc8n(-c8ccccc8)c7c65)cc4N(c4ccc(C(C)(C)C)cc4-c4ccc(C(C)(C)C)cc4)c4cc(C(C)(C)C)cc2c43)cc1. The Morgan fingerprint density at radius 3 is 0.962 bits per heavy atom. The third-order valence-electron chi connectivity index (χ3n) is 22.8. The van der Waals surface area contributed by atoms with Gasteiger partial charge in [0.2, 0.25) is 0 Å². The van der Waals surface area contributed by atoms with Gasteiger partial charge < -0.3 is 23.5 Å². The first-order valence-electron chi connectivity index (χ1n) is 37.4. The van der Waals surface area contributed by atoms with E-state index in [2.05, 4.69) is 400 Å². The molecule has 0 spiro atoms. The molecule has 0 aliphatic carbocycles. The molecule has 0 unspecified atom stereocenters. The van der Waals surface area contributed by atoms with E-state index in [1.165, 1.54) is 138 Å². The standard InChI is InChI=1S/C98H90BN5/c1-94(2,3)63-41-37-61(38-42-63)77-55-65(96(7,8)9)45-53-85(77)103-87-59-69(100-81-33-23-19-29-71(81)72-30-20-24-34-82(72)100)47-51-79(87)99-80-52-48-70(102-84-36-26-22-32-74(84)76-50-49-75-73-31-21-25-35-83(73)101(92(75)93(76)102)68-27-17-16-18-28-68)60-88(80)104(90-58-67(98(13,14)15)57-89(103)91(90)99)86-54-46-66(97(10,11)12)56-78(86)62-39-43-64(44-40-62)95(4,5)6/h16-60H,1-15H3. The van der Waals surface area contributed by atoms with Gasteiger partial charge >= 0.3 is 0 Å². The lowest BCUT2D eigenvalue weighted by molar-refractivity contribution is 0.589. The van der Waals surface area contributed by atoms with Gasteiger partial charge in [0.1, 0.15) is 0 Å². The van der Waals surface area contributed by atoms with Crippen LogP contribution >= 0.6 is 0 Å². The van der Waals surface area contributed by atoms with Gasteiger partial charge in [-0.15, -0.1) is 0 Å². The largest absolute Gasteiger partial charge is 0.311 e. The highest BCUT2D eigenvalue weighted by Gasteiger charge is 2.46. The molecule has 0 atom stereocenters. The van der Waals surface area contributed by atoms with Crippen molar-refractivity contribution in [1.29, 1.82) is 0 Å². The monoisotopic (exact) mass is 1350 g/mol. The van der Waals surface area contributed by atoms with Crippen molar-refractivity contribution in [2.45, 2.75) is 131 Å². The molecule has 0 saturated carbocycles. The van der Waals surface area contributed by atoms with E-state index in [0.717, 1.165) is 45.3 Å². The lowest BCUT2D eigenvalue weighted by Gasteiger charge is -2.46. The Balaban J connectivity index is 0.990. The third kappa shape index (κ3) is 10.2. The maximum absolute atomic E-state index is 2.71. The second-order valence-electron chi connectivity index (χ2n) is 34.7. The first kappa shape index (κ1) is 65.0. The van der Waals surface area contributed by atoms with Crippen molar-refractivity contribution in [2.75, 3.05) is 9.80 Å². The van der Waals surface area contributed by atoms with E-state index in [9.17, 15) is 0 Å². The summed E-state index contributed by atoms with van der Waals surface area (Å²) in [6.07, 6.45) is 0. The molecule has 18 rings (SSSR count). The molecule has 2 aliphatic heterocycles. The van der Waals surface area contributed by atoms with E-state index in [-0.39, 0.29) is 33.8 Å². The number of hydrogen-bond acceptors (Lipinski definition) is 2. The van der Waals surface area contributed by atoms with Gasteiger partial charge in [-0.3, -0.25) is 0 Å². The zero-order valence-electron chi connectivity index (χ0n) is 62.8. The highest BCUT2D eigenvalue weighted by Crippen LogP contribution is 2.53. The van der Waals surface area contributed by atoms with Gasteiger partial charge in [-0.1, -0.05) is 280 Å². The number of rotatable bonds is 7. The fourth-order valence-electron chi connectivity index (χ4n) is 17.2. The molecule has 0 bridgehead atoms. The molecule has 0 N–H and O–H groups in total. The van der Waals surface area contributed by atoms with Crippen LogP contribution in [-0.2, 0) is 27.1 Å². The van der Waals surface area contributed by atoms with Crippen molar-refractivity contribution in [1.82, 2.24) is 13.7 Å². The Hall–Kier alpha value is -11.1. The smallest absolute Gasteiger partial charge is 0.252 e. The first-order chi connectivity index (χ1) is 49.8. The van der Waals surface area contributed by atoms with Gasteiger partial charge in [0.25, 0.3) is 6.71 Å². The lowest BCUT2D eigenvalue weighted by Crippen LogP contribution is -2.61. The molecule has 16 aromatic rings. The molecule has 104 heavy (non-hydrogen) atoms. The Kier molecular flexibility index (Phi) is 14.5. The summed E-state index contributed by atoms with van der Waals surface area (Å²) < 4.78 is 7.61. The first-order valence-corrected chi connectivity index (χ1v) is 37.4. The summed E-state index contributed by atoms with van der Waals surface area (Å²) in [6.45, 7) is 35.0. The van der Waals surface area contributed by atoms with Crippen LogP contribution in [0.25, 0.3) is 105 Å². The number of aromatic nitrogens is 3. The van der Waals surface area contributed by atoms with Gasteiger partial charge in [-0.05, 0) is 179 Å². The van der Waals surface area contributed by atoms with Crippen LogP contribution in [0.1, 0.15) is 132 Å². The molecule has 3 aromatic heterocycles. The Labute approximate surface area is 613 Å². The predicted molar refractivity (Wildman–Crippen MR) is 448 cm³/mol. The second kappa shape index (κ2) is 23.2. The average Bonchev–Trinajstić information content (AvgIpc) is 0.945. The maximum atomic E-state index is 2.71. The summed E-state index contributed by atoms with van der Waals surface area (Å²) in [5, 5.41) is 7.36. The van der Waals surface area contributed by atoms with Crippen molar-refractivity contribution in [2.24, 2.45) is 0 Å². The Bertz CT molecular complexity index is 6130. The highest BCUT2D eigenvalue weighted by molar-refractivity contribution is 7.00. The van der Waals surface area contributed by atoms with Crippen LogP contribution in [0, 0.1) is 0 Å². The minimum atomic E-state index is -0.291. The number of fused-ring (bicyclic) bond motifs is 14. The minimum Gasteiger partial charge on any atom is -0.311 e. The summed E-state index contributed by atoms with van der Waals surface area (Å²) in [6, 6.07) is 105. The van der Waals surface area contributed by atoms with Gasteiger partial charge in [-0.2, -0.15) is 0 Å². The van der Waals surface area contributed by atoms with Gasteiger partial charge in [0.15, 0.2) is 0 Å². The average molecular weight is 1350 g/mol. The molecule has 6 heteroatoms. The van der Waals surface area contributed by atoms with Gasteiger partial charge in [0, 0.05) is 83.3 Å². The highest BCUT2D eigenvalue weighted by atomic mass is 15.2.